The van der Waals surface area contributed by atoms with Crippen molar-refractivity contribution in [1.29, 1.82) is 0 Å². The lowest BCUT2D eigenvalue weighted by atomic mass is 10.0. The number of aryl methyl sites for hydroxylation is 1. The average molecular weight is 343 g/mol. The summed E-state index contributed by atoms with van der Waals surface area (Å²) in [5.41, 5.74) is 9.37. The molecule has 0 saturated carbocycles. The number of nitrogens with two attached hydrogens (primary N) is 1. The van der Waals surface area contributed by atoms with Crippen molar-refractivity contribution in [3.05, 3.63) is 50.7 Å². The van der Waals surface area contributed by atoms with Crippen LogP contribution in [0.15, 0.2) is 28.9 Å². The Kier molecular flexibility index (Phi) is 4.33. The molecule has 1 aromatic heterocycles. The highest BCUT2D eigenvalue weighted by Crippen LogP contribution is 2.30. The molecule has 0 bridgehead atoms. The van der Waals surface area contributed by atoms with E-state index in [1.54, 1.807) is 6.20 Å². The van der Waals surface area contributed by atoms with E-state index in [4.69, 9.17) is 17.3 Å². The molecule has 2 aromatic rings. The Hall–Kier alpha value is -0.840. The van der Waals surface area contributed by atoms with E-state index in [0.29, 0.717) is 0 Å². The fourth-order valence-electron chi connectivity index (χ4n) is 2.01. The first-order valence-corrected chi connectivity index (χ1v) is 7.33. The second-order valence-electron chi connectivity index (χ2n) is 4.90. The van der Waals surface area contributed by atoms with Crippen molar-refractivity contribution in [3.63, 3.8) is 0 Å². The molecule has 0 saturated heterocycles. The monoisotopic (exact) mass is 341 g/mol. The average Bonchev–Trinajstić information content (AvgIpc) is 2.74. The third-order valence-electron chi connectivity index (χ3n) is 3.13. The van der Waals surface area contributed by atoms with Gasteiger partial charge in [0.25, 0.3) is 0 Å². The molecule has 5 heteroatoms. The summed E-state index contributed by atoms with van der Waals surface area (Å²) in [6.07, 6.45) is 1.78. The smallest absolute Gasteiger partial charge is 0.0742 e. The third-order valence-corrected chi connectivity index (χ3v) is 4.14. The van der Waals surface area contributed by atoms with Gasteiger partial charge in [-0.1, -0.05) is 23.7 Å². The van der Waals surface area contributed by atoms with E-state index in [2.05, 4.69) is 34.9 Å². The zero-order chi connectivity index (χ0) is 14.2. The van der Waals surface area contributed by atoms with Crippen LogP contribution in [0.25, 0.3) is 0 Å². The topological polar surface area (TPSA) is 43.8 Å². The van der Waals surface area contributed by atoms with Crippen molar-refractivity contribution in [2.24, 2.45) is 5.73 Å². The number of hydrogen-bond acceptors (Lipinski definition) is 2. The second-order valence-corrected chi connectivity index (χ2v) is 6.16. The van der Waals surface area contributed by atoms with E-state index in [1.165, 1.54) is 0 Å². The van der Waals surface area contributed by atoms with Gasteiger partial charge in [0.2, 0.25) is 0 Å². The molecule has 1 atom stereocenters. The predicted molar refractivity (Wildman–Crippen MR) is 82.5 cm³/mol. The Morgan fingerprint density at radius 2 is 2.05 bits per heavy atom. The molecule has 0 fully saturated rings. The van der Waals surface area contributed by atoms with Crippen LogP contribution in [0.1, 0.15) is 42.8 Å². The van der Waals surface area contributed by atoms with Gasteiger partial charge >= 0.3 is 0 Å². The minimum atomic E-state index is -0.252. The molecule has 1 unspecified atom stereocenters. The van der Waals surface area contributed by atoms with E-state index in [0.717, 1.165) is 26.3 Å². The van der Waals surface area contributed by atoms with Gasteiger partial charge in [0, 0.05) is 11.1 Å². The molecule has 0 amide bonds. The van der Waals surface area contributed by atoms with Crippen molar-refractivity contribution in [2.45, 2.75) is 32.9 Å². The lowest BCUT2D eigenvalue weighted by Crippen LogP contribution is -2.19. The quantitative estimate of drug-likeness (QED) is 0.907. The Labute approximate surface area is 126 Å². The second kappa shape index (κ2) is 5.65. The molecule has 0 spiro atoms. The van der Waals surface area contributed by atoms with Crippen molar-refractivity contribution in [3.8, 4) is 0 Å². The van der Waals surface area contributed by atoms with Gasteiger partial charge in [0.15, 0.2) is 0 Å². The normalized spacial score (nSPS) is 13.0. The summed E-state index contributed by atoms with van der Waals surface area (Å²) >= 11 is 9.69. The molecular weight excluding hydrogens is 326 g/mol. The van der Waals surface area contributed by atoms with Crippen molar-refractivity contribution in [1.82, 2.24) is 9.78 Å². The van der Waals surface area contributed by atoms with Gasteiger partial charge in [-0.15, -0.1) is 0 Å². The molecular formula is C14H17BrClN3. The van der Waals surface area contributed by atoms with Crippen LogP contribution >= 0.6 is 27.5 Å². The van der Waals surface area contributed by atoms with Crippen molar-refractivity contribution >= 4 is 27.5 Å². The van der Waals surface area contributed by atoms with Gasteiger partial charge in [0.05, 0.1) is 22.4 Å². The summed E-state index contributed by atoms with van der Waals surface area (Å²) in [6.45, 7) is 6.14. The maximum atomic E-state index is 6.37. The molecule has 1 heterocycles. The summed E-state index contributed by atoms with van der Waals surface area (Å²) in [6, 6.07) is 5.93. The van der Waals surface area contributed by atoms with Gasteiger partial charge in [-0.05, 0) is 53.9 Å². The van der Waals surface area contributed by atoms with Crippen LogP contribution in [0, 0.1) is 6.92 Å². The maximum absolute atomic E-state index is 6.37. The van der Waals surface area contributed by atoms with Crippen molar-refractivity contribution < 1.29 is 0 Å². The molecule has 0 radical (unpaired) electrons. The fraction of sp³-hybridized carbons (Fsp3) is 0.357. The first-order chi connectivity index (χ1) is 8.91. The molecule has 1 aromatic carbocycles. The number of benzene rings is 1. The molecule has 0 aliphatic rings. The zero-order valence-electron chi connectivity index (χ0n) is 11.2. The Morgan fingerprint density at radius 1 is 1.37 bits per heavy atom. The highest BCUT2D eigenvalue weighted by molar-refractivity contribution is 9.10. The zero-order valence-corrected chi connectivity index (χ0v) is 13.5. The van der Waals surface area contributed by atoms with Gasteiger partial charge in [0.1, 0.15) is 0 Å². The van der Waals surface area contributed by atoms with Crippen LogP contribution < -0.4 is 5.73 Å². The number of rotatable bonds is 3. The SMILES string of the molecule is Cc1ccc(C(N)c2c(Br)cnn2C(C)C)cc1Cl. The Balaban J connectivity index is 2.46. The van der Waals surface area contributed by atoms with Gasteiger partial charge < -0.3 is 5.73 Å². The lowest BCUT2D eigenvalue weighted by Gasteiger charge is -2.18. The van der Waals surface area contributed by atoms with E-state index in [9.17, 15) is 0 Å². The number of aromatic nitrogens is 2. The molecule has 0 aliphatic heterocycles. The first kappa shape index (κ1) is 14.6. The summed E-state index contributed by atoms with van der Waals surface area (Å²) in [5.74, 6) is 0. The van der Waals surface area contributed by atoms with Gasteiger partial charge in [-0.25, -0.2) is 0 Å². The highest BCUT2D eigenvalue weighted by Gasteiger charge is 2.20. The minimum absolute atomic E-state index is 0.252. The van der Waals surface area contributed by atoms with Crippen LogP contribution in [-0.4, -0.2) is 9.78 Å². The summed E-state index contributed by atoms with van der Waals surface area (Å²) in [7, 11) is 0. The molecule has 2 N–H and O–H groups in total. The van der Waals surface area contributed by atoms with E-state index < -0.39 is 0 Å². The predicted octanol–water partition coefficient (Wildman–Crippen LogP) is 4.24. The summed E-state index contributed by atoms with van der Waals surface area (Å²) in [4.78, 5) is 0. The molecule has 102 valence electrons. The first-order valence-electron chi connectivity index (χ1n) is 6.16. The van der Waals surface area contributed by atoms with E-state index in [1.807, 2.05) is 29.8 Å². The minimum Gasteiger partial charge on any atom is -0.319 e. The number of hydrogen-bond donors (Lipinski definition) is 1. The highest BCUT2D eigenvalue weighted by atomic mass is 79.9. The van der Waals surface area contributed by atoms with E-state index >= 15 is 0 Å². The third kappa shape index (κ3) is 2.86. The van der Waals surface area contributed by atoms with Gasteiger partial charge in [-0.2, -0.15) is 5.10 Å². The molecule has 0 aliphatic carbocycles. The van der Waals surface area contributed by atoms with Crippen LogP contribution in [0.5, 0.6) is 0 Å². The summed E-state index contributed by atoms with van der Waals surface area (Å²) in [5, 5.41) is 5.09. The summed E-state index contributed by atoms with van der Waals surface area (Å²) < 4.78 is 2.85. The van der Waals surface area contributed by atoms with Gasteiger partial charge in [-0.3, -0.25) is 4.68 Å². The molecule has 2 rings (SSSR count). The fourth-order valence-corrected chi connectivity index (χ4v) is 2.72. The van der Waals surface area contributed by atoms with Crippen LogP contribution in [0.4, 0.5) is 0 Å². The van der Waals surface area contributed by atoms with Crippen molar-refractivity contribution in [2.75, 3.05) is 0 Å². The maximum Gasteiger partial charge on any atom is 0.0742 e. The van der Waals surface area contributed by atoms with Crippen LogP contribution in [0.2, 0.25) is 5.02 Å². The molecule has 3 nitrogen and oxygen atoms in total. The van der Waals surface area contributed by atoms with Crippen LogP contribution in [0.3, 0.4) is 0 Å². The molecule has 19 heavy (non-hydrogen) atoms. The number of halogens is 2. The largest absolute Gasteiger partial charge is 0.319 e. The van der Waals surface area contributed by atoms with E-state index in [-0.39, 0.29) is 12.1 Å². The standard InChI is InChI=1S/C14H17BrClN3/c1-8(2)19-14(11(15)7-18-19)13(17)10-5-4-9(3)12(16)6-10/h4-8,13H,17H2,1-3H3. The van der Waals surface area contributed by atoms with Crippen LogP contribution in [-0.2, 0) is 0 Å². The Bertz CT molecular complexity index is 592. The lowest BCUT2D eigenvalue weighted by molar-refractivity contribution is 0.498. The Morgan fingerprint density at radius 3 is 2.63 bits per heavy atom. The number of nitrogens with zero attached hydrogens (tertiary/aromatic N) is 2.